The molecule has 0 saturated carbocycles. The summed E-state index contributed by atoms with van der Waals surface area (Å²) in [7, 11) is 0. The van der Waals surface area contributed by atoms with Crippen LogP contribution in [0.2, 0.25) is 5.02 Å². The predicted molar refractivity (Wildman–Crippen MR) is 104 cm³/mol. The second-order valence-electron chi connectivity index (χ2n) is 5.80. The summed E-state index contributed by atoms with van der Waals surface area (Å²) in [6.07, 6.45) is 1.62. The molecule has 4 nitrogen and oxygen atoms in total. The Labute approximate surface area is 154 Å². The van der Waals surface area contributed by atoms with Crippen molar-refractivity contribution >= 4 is 39.7 Å². The van der Waals surface area contributed by atoms with Gasteiger partial charge < -0.3 is 11.1 Å². The molecule has 0 unspecified atom stereocenters. The van der Waals surface area contributed by atoms with E-state index in [0.29, 0.717) is 27.8 Å². The first kappa shape index (κ1) is 16.3. The van der Waals surface area contributed by atoms with Gasteiger partial charge in [0.1, 0.15) is 11.6 Å². The van der Waals surface area contributed by atoms with E-state index in [1.807, 2.05) is 24.3 Å². The summed E-state index contributed by atoms with van der Waals surface area (Å²) < 4.78 is 14.3. The molecule has 26 heavy (non-hydrogen) atoms. The quantitative estimate of drug-likeness (QED) is 0.509. The van der Waals surface area contributed by atoms with E-state index < -0.39 is 0 Å². The van der Waals surface area contributed by atoms with Crippen molar-refractivity contribution in [2.24, 2.45) is 0 Å². The lowest BCUT2D eigenvalue weighted by molar-refractivity contribution is 0.631. The van der Waals surface area contributed by atoms with Gasteiger partial charge in [-0.25, -0.2) is 14.4 Å². The molecule has 128 valence electrons. The minimum atomic E-state index is -0.384. The van der Waals surface area contributed by atoms with Crippen LogP contribution >= 0.6 is 11.6 Å². The van der Waals surface area contributed by atoms with Crippen molar-refractivity contribution in [2.75, 3.05) is 11.1 Å². The van der Waals surface area contributed by atoms with Gasteiger partial charge in [-0.05, 0) is 36.4 Å². The number of nitrogens with one attached hydrogen (secondary N) is 1. The zero-order chi connectivity index (χ0) is 18.1. The first-order chi connectivity index (χ1) is 12.6. The minimum absolute atomic E-state index is 0.340. The summed E-state index contributed by atoms with van der Waals surface area (Å²) >= 11 is 6.04. The van der Waals surface area contributed by atoms with E-state index in [0.717, 1.165) is 16.6 Å². The van der Waals surface area contributed by atoms with Crippen molar-refractivity contribution < 1.29 is 4.39 Å². The Balaban J connectivity index is 1.90. The Hall–Kier alpha value is -3.18. The van der Waals surface area contributed by atoms with Gasteiger partial charge in [-0.3, -0.25) is 0 Å². The number of hydrogen-bond acceptors (Lipinski definition) is 4. The van der Waals surface area contributed by atoms with Gasteiger partial charge in [0, 0.05) is 33.9 Å². The first-order valence-corrected chi connectivity index (χ1v) is 8.32. The third-order valence-corrected chi connectivity index (χ3v) is 4.20. The number of benzene rings is 2. The van der Waals surface area contributed by atoms with Crippen molar-refractivity contribution in [3.05, 3.63) is 77.7 Å². The van der Waals surface area contributed by atoms with Crippen LogP contribution in [0.3, 0.4) is 0 Å². The van der Waals surface area contributed by atoms with E-state index in [-0.39, 0.29) is 5.82 Å². The van der Waals surface area contributed by atoms with Crippen molar-refractivity contribution in [3.8, 4) is 11.3 Å². The van der Waals surface area contributed by atoms with Crippen molar-refractivity contribution in [2.45, 2.75) is 0 Å². The van der Waals surface area contributed by atoms with Gasteiger partial charge in [0.25, 0.3) is 0 Å². The van der Waals surface area contributed by atoms with Crippen molar-refractivity contribution in [1.29, 1.82) is 0 Å². The molecule has 2 heterocycles. The highest BCUT2D eigenvalue weighted by molar-refractivity contribution is 6.30. The highest BCUT2D eigenvalue weighted by atomic mass is 35.5. The number of aromatic nitrogens is 2. The zero-order valence-electron chi connectivity index (χ0n) is 13.6. The third-order valence-electron chi connectivity index (χ3n) is 3.97. The highest BCUT2D eigenvalue weighted by Gasteiger charge is 2.12. The molecule has 0 fully saturated rings. The number of anilines is 3. The largest absolute Gasteiger partial charge is 0.399 e. The molecule has 0 radical (unpaired) electrons. The molecule has 4 rings (SSSR count). The lowest BCUT2D eigenvalue weighted by Gasteiger charge is -2.12. The number of nitrogen functional groups attached to an aromatic ring is 1. The number of halogens is 2. The first-order valence-electron chi connectivity index (χ1n) is 7.94. The topological polar surface area (TPSA) is 63.8 Å². The number of pyridine rings is 2. The molecule has 6 heteroatoms. The fourth-order valence-corrected chi connectivity index (χ4v) is 2.94. The van der Waals surface area contributed by atoms with Gasteiger partial charge >= 0.3 is 0 Å². The zero-order valence-corrected chi connectivity index (χ0v) is 14.3. The standard InChI is InChI=1S/C20H14ClFN4/c21-12-5-6-16(22)15(9-12)19-11-18(14-3-1-2-4-17(14)25-19)26-20-10-13(23)7-8-24-20/h1-11H,(H3,23,24,25,26). The van der Waals surface area contributed by atoms with Crippen LogP contribution in [0.4, 0.5) is 21.6 Å². The summed E-state index contributed by atoms with van der Waals surface area (Å²) in [5.41, 5.74) is 8.73. The molecule has 0 saturated heterocycles. The SMILES string of the molecule is Nc1ccnc(Nc2cc(-c3cc(Cl)ccc3F)nc3ccccc23)c1. The Bertz CT molecular complexity index is 1110. The minimum Gasteiger partial charge on any atom is -0.399 e. The van der Waals surface area contributed by atoms with Gasteiger partial charge in [0.05, 0.1) is 16.9 Å². The molecule has 2 aromatic heterocycles. The van der Waals surface area contributed by atoms with E-state index in [1.54, 1.807) is 30.5 Å². The molecule has 0 amide bonds. The molecule has 0 spiro atoms. The maximum atomic E-state index is 14.3. The fraction of sp³-hybridized carbons (Fsp3) is 0. The smallest absolute Gasteiger partial charge is 0.132 e. The number of hydrogen-bond donors (Lipinski definition) is 2. The highest BCUT2D eigenvalue weighted by Crippen LogP contribution is 2.32. The van der Waals surface area contributed by atoms with Gasteiger partial charge in [0.2, 0.25) is 0 Å². The van der Waals surface area contributed by atoms with Crippen LogP contribution in [0.5, 0.6) is 0 Å². The van der Waals surface area contributed by atoms with Crippen LogP contribution in [-0.4, -0.2) is 9.97 Å². The second kappa shape index (κ2) is 6.61. The molecular weight excluding hydrogens is 351 g/mol. The fourth-order valence-electron chi connectivity index (χ4n) is 2.76. The van der Waals surface area contributed by atoms with E-state index in [2.05, 4.69) is 15.3 Å². The third kappa shape index (κ3) is 3.17. The number of para-hydroxylation sites is 1. The summed E-state index contributed by atoms with van der Waals surface area (Å²) in [5, 5.41) is 4.58. The van der Waals surface area contributed by atoms with E-state index >= 15 is 0 Å². The summed E-state index contributed by atoms with van der Waals surface area (Å²) in [6.45, 7) is 0. The monoisotopic (exact) mass is 364 g/mol. The normalized spacial score (nSPS) is 10.8. The molecule has 3 N–H and O–H groups in total. The van der Waals surface area contributed by atoms with Gasteiger partial charge in [-0.1, -0.05) is 29.8 Å². The van der Waals surface area contributed by atoms with E-state index in [4.69, 9.17) is 17.3 Å². The Kier molecular flexibility index (Phi) is 4.14. The number of nitrogens with zero attached hydrogens (tertiary/aromatic N) is 2. The molecule has 0 aliphatic heterocycles. The summed E-state index contributed by atoms with van der Waals surface area (Å²) in [4.78, 5) is 8.85. The van der Waals surface area contributed by atoms with Crippen LogP contribution in [0.1, 0.15) is 0 Å². The van der Waals surface area contributed by atoms with Crippen LogP contribution in [0, 0.1) is 5.82 Å². The number of nitrogens with two attached hydrogens (primary N) is 1. The van der Waals surface area contributed by atoms with Crippen molar-refractivity contribution in [3.63, 3.8) is 0 Å². The average Bonchev–Trinajstić information content (AvgIpc) is 2.64. The van der Waals surface area contributed by atoms with Crippen LogP contribution in [0.25, 0.3) is 22.2 Å². The van der Waals surface area contributed by atoms with E-state index in [1.165, 1.54) is 12.1 Å². The maximum absolute atomic E-state index is 14.3. The molecule has 2 aromatic carbocycles. The predicted octanol–water partition coefficient (Wildman–Crippen LogP) is 5.42. The Morgan fingerprint density at radius 2 is 1.85 bits per heavy atom. The van der Waals surface area contributed by atoms with Gasteiger partial charge in [0.15, 0.2) is 0 Å². The van der Waals surface area contributed by atoms with Crippen molar-refractivity contribution in [1.82, 2.24) is 9.97 Å². The molecule has 0 aliphatic rings. The lowest BCUT2D eigenvalue weighted by atomic mass is 10.1. The lowest BCUT2D eigenvalue weighted by Crippen LogP contribution is -1.98. The van der Waals surface area contributed by atoms with Crippen LogP contribution in [0.15, 0.2) is 66.9 Å². The maximum Gasteiger partial charge on any atom is 0.132 e. The van der Waals surface area contributed by atoms with Gasteiger partial charge in [-0.2, -0.15) is 0 Å². The van der Waals surface area contributed by atoms with E-state index in [9.17, 15) is 4.39 Å². The molecular formula is C20H14ClFN4. The molecule has 0 bridgehead atoms. The van der Waals surface area contributed by atoms with Crippen LogP contribution in [-0.2, 0) is 0 Å². The molecule has 4 aromatic rings. The summed E-state index contributed by atoms with van der Waals surface area (Å²) in [5.74, 6) is 0.212. The number of rotatable bonds is 3. The average molecular weight is 365 g/mol. The van der Waals surface area contributed by atoms with Gasteiger partial charge in [-0.15, -0.1) is 0 Å². The number of fused-ring (bicyclic) bond motifs is 1. The second-order valence-corrected chi connectivity index (χ2v) is 6.23. The summed E-state index contributed by atoms with van der Waals surface area (Å²) in [6, 6.07) is 17.3. The Morgan fingerprint density at radius 3 is 2.69 bits per heavy atom. The Morgan fingerprint density at radius 1 is 1.00 bits per heavy atom. The van der Waals surface area contributed by atoms with Crippen LogP contribution < -0.4 is 11.1 Å². The molecule has 0 atom stereocenters. The molecule has 0 aliphatic carbocycles.